The van der Waals surface area contributed by atoms with Crippen molar-refractivity contribution in [2.75, 3.05) is 24.5 Å². The quantitative estimate of drug-likeness (QED) is 0.840. The largest absolute Gasteiger partial charge is 0.370 e. The topological polar surface area (TPSA) is 15.3 Å². The van der Waals surface area contributed by atoms with Gasteiger partial charge in [0, 0.05) is 24.8 Å². The normalized spacial score (nSPS) is 19.9. The van der Waals surface area contributed by atoms with Crippen LogP contribution in [0, 0.1) is 0 Å². The number of rotatable bonds is 5. The zero-order valence-electron chi connectivity index (χ0n) is 11.1. The molecule has 1 aliphatic rings. The maximum absolute atomic E-state index is 3.53. The van der Waals surface area contributed by atoms with Gasteiger partial charge in [-0.05, 0) is 37.1 Å². The molecule has 1 unspecified atom stereocenters. The third-order valence-electron chi connectivity index (χ3n) is 3.52. The van der Waals surface area contributed by atoms with Gasteiger partial charge >= 0.3 is 0 Å². The summed E-state index contributed by atoms with van der Waals surface area (Å²) < 4.78 is 0. The van der Waals surface area contributed by atoms with Gasteiger partial charge in [0.25, 0.3) is 0 Å². The molecule has 1 aromatic rings. The molecule has 0 radical (unpaired) electrons. The molecule has 2 heteroatoms. The van der Waals surface area contributed by atoms with Crippen LogP contribution in [0.4, 0.5) is 5.69 Å². The Morgan fingerprint density at radius 3 is 2.65 bits per heavy atom. The lowest BCUT2D eigenvalue weighted by molar-refractivity contribution is 0.572. The van der Waals surface area contributed by atoms with Gasteiger partial charge < -0.3 is 10.2 Å². The minimum Gasteiger partial charge on any atom is -0.370 e. The molecule has 1 heterocycles. The maximum atomic E-state index is 3.53. The fourth-order valence-corrected chi connectivity index (χ4v) is 2.61. The number of nitrogens with one attached hydrogen (secondary N) is 1. The monoisotopic (exact) mass is 232 g/mol. The highest BCUT2D eigenvalue weighted by Crippen LogP contribution is 2.21. The number of anilines is 1. The van der Waals surface area contributed by atoms with Gasteiger partial charge in [0.05, 0.1) is 0 Å². The van der Waals surface area contributed by atoms with Gasteiger partial charge in [-0.15, -0.1) is 0 Å². The number of hydrogen-bond donors (Lipinski definition) is 1. The first-order chi connectivity index (χ1) is 8.33. The fourth-order valence-electron chi connectivity index (χ4n) is 2.61. The van der Waals surface area contributed by atoms with Crippen molar-refractivity contribution >= 4 is 5.69 Å². The molecule has 1 aromatic carbocycles. The molecule has 2 nitrogen and oxygen atoms in total. The molecule has 0 amide bonds. The van der Waals surface area contributed by atoms with Crippen LogP contribution in [-0.4, -0.2) is 25.7 Å². The minimum absolute atomic E-state index is 0.676. The number of hydrogen-bond acceptors (Lipinski definition) is 2. The summed E-state index contributed by atoms with van der Waals surface area (Å²) in [5, 5.41) is 3.53. The summed E-state index contributed by atoms with van der Waals surface area (Å²) in [5.74, 6) is 0. The van der Waals surface area contributed by atoms with Crippen LogP contribution in [0.2, 0.25) is 0 Å². The summed E-state index contributed by atoms with van der Waals surface area (Å²) in [7, 11) is 0. The molecule has 1 saturated heterocycles. The summed E-state index contributed by atoms with van der Waals surface area (Å²) in [6.07, 6.45) is 3.69. The van der Waals surface area contributed by atoms with Crippen LogP contribution in [-0.2, 0) is 6.42 Å². The smallest absolute Gasteiger partial charge is 0.0366 e. The Bertz CT molecular complexity index is 331. The van der Waals surface area contributed by atoms with Crippen LogP contribution in [0.15, 0.2) is 24.3 Å². The van der Waals surface area contributed by atoms with E-state index in [9.17, 15) is 0 Å². The molecule has 0 spiro atoms. The van der Waals surface area contributed by atoms with Crippen molar-refractivity contribution < 1.29 is 0 Å². The SMILES string of the molecule is CCCc1ccc(N2CCC(NCC)C2)cc1. The van der Waals surface area contributed by atoms with Crippen LogP contribution in [0.5, 0.6) is 0 Å². The molecule has 1 atom stereocenters. The van der Waals surface area contributed by atoms with Crippen molar-refractivity contribution in [2.45, 2.75) is 39.2 Å². The Kier molecular flexibility index (Phi) is 4.43. The molecule has 0 aliphatic carbocycles. The Morgan fingerprint density at radius 1 is 1.24 bits per heavy atom. The molecular weight excluding hydrogens is 208 g/mol. The summed E-state index contributed by atoms with van der Waals surface area (Å²) in [4.78, 5) is 2.49. The van der Waals surface area contributed by atoms with Crippen molar-refractivity contribution in [1.82, 2.24) is 5.32 Å². The van der Waals surface area contributed by atoms with Gasteiger partial charge in [-0.3, -0.25) is 0 Å². The second-order valence-corrected chi connectivity index (χ2v) is 4.91. The van der Waals surface area contributed by atoms with E-state index in [2.05, 4.69) is 48.3 Å². The summed E-state index contributed by atoms with van der Waals surface area (Å²) in [6, 6.07) is 9.78. The number of likely N-dealkylation sites (N-methyl/N-ethyl adjacent to an activating group) is 1. The highest BCUT2D eigenvalue weighted by molar-refractivity contribution is 5.48. The maximum Gasteiger partial charge on any atom is 0.0366 e. The zero-order valence-corrected chi connectivity index (χ0v) is 11.1. The Hall–Kier alpha value is -1.02. The number of benzene rings is 1. The average molecular weight is 232 g/mol. The van der Waals surface area contributed by atoms with Gasteiger partial charge in [-0.2, -0.15) is 0 Å². The number of nitrogens with zero attached hydrogens (tertiary/aromatic N) is 1. The average Bonchev–Trinajstić information content (AvgIpc) is 2.80. The molecule has 2 rings (SSSR count). The first-order valence-corrected chi connectivity index (χ1v) is 6.90. The predicted molar refractivity (Wildman–Crippen MR) is 74.7 cm³/mol. The minimum atomic E-state index is 0.676. The lowest BCUT2D eigenvalue weighted by atomic mass is 10.1. The summed E-state index contributed by atoms with van der Waals surface area (Å²) >= 11 is 0. The lowest BCUT2D eigenvalue weighted by Crippen LogP contribution is -2.32. The van der Waals surface area contributed by atoms with E-state index in [-0.39, 0.29) is 0 Å². The standard InChI is InChI=1S/C15H24N2/c1-3-5-13-6-8-15(9-7-13)17-11-10-14(12-17)16-4-2/h6-9,14,16H,3-5,10-12H2,1-2H3. The summed E-state index contributed by atoms with van der Waals surface area (Å²) in [6.45, 7) is 7.83. The Morgan fingerprint density at radius 2 is 2.00 bits per heavy atom. The van der Waals surface area contributed by atoms with Gasteiger partial charge in [-0.25, -0.2) is 0 Å². The van der Waals surface area contributed by atoms with Gasteiger partial charge in [0.15, 0.2) is 0 Å². The predicted octanol–water partition coefficient (Wildman–Crippen LogP) is 2.83. The molecule has 0 saturated carbocycles. The van der Waals surface area contributed by atoms with E-state index in [1.807, 2.05) is 0 Å². The second kappa shape index (κ2) is 6.06. The van der Waals surface area contributed by atoms with Crippen LogP contribution in [0.3, 0.4) is 0 Å². The van der Waals surface area contributed by atoms with E-state index in [4.69, 9.17) is 0 Å². The van der Waals surface area contributed by atoms with Crippen LogP contribution < -0.4 is 10.2 Å². The highest BCUT2D eigenvalue weighted by atomic mass is 15.2. The highest BCUT2D eigenvalue weighted by Gasteiger charge is 2.21. The molecule has 1 aliphatic heterocycles. The Balaban J connectivity index is 1.94. The van der Waals surface area contributed by atoms with Crippen molar-refractivity contribution in [1.29, 1.82) is 0 Å². The van der Waals surface area contributed by atoms with Crippen molar-refractivity contribution in [3.63, 3.8) is 0 Å². The van der Waals surface area contributed by atoms with E-state index in [0.29, 0.717) is 6.04 Å². The molecule has 1 fully saturated rings. The van der Waals surface area contributed by atoms with Gasteiger partial charge in [-0.1, -0.05) is 32.4 Å². The lowest BCUT2D eigenvalue weighted by Gasteiger charge is -2.19. The third-order valence-corrected chi connectivity index (χ3v) is 3.52. The fraction of sp³-hybridized carbons (Fsp3) is 0.600. The van der Waals surface area contributed by atoms with Crippen molar-refractivity contribution in [2.24, 2.45) is 0 Å². The van der Waals surface area contributed by atoms with Gasteiger partial charge in [0.2, 0.25) is 0 Å². The molecule has 0 aromatic heterocycles. The molecule has 0 bridgehead atoms. The van der Waals surface area contributed by atoms with Crippen molar-refractivity contribution in [3.8, 4) is 0 Å². The van der Waals surface area contributed by atoms with Crippen molar-refractivity contribution in [3.05, 3.63) is 29.8 Å². The third kappa shape index (κ3) is 3.22. The van der Waals surface area contributed by atoms with E-state index < -0.39 is 0 Å². The van der Waals surface area contributed by atoms with E-state index in [0.717, 1.165) is 13.1 Å². The van der Waals surface area contributed by atoms with Crippen LogP contribution >= 0.6 is 0 Å². The molecular formula is C15H24N2. The second-order valence-electron chi connectivity index (χ2n) is 4.91. The van der Waals surface area contributed by atoms with Crippen LogP contribution in [0.1, 0.15) is 32.3 Å². The van der Waals surface area contributed by atoms with E-state index in [1.165, 1.54) is 37.1 Å². The van der Waals surface area contributed by atoms with E-state index >= 15 is 0 Å². The van der Waals surface area contributed by atoms with E-state index in [1.54, 1.807) is 0 Å². The zero-order chi connectivity index (χ0) is 12.1. The van der Waals surface area contributed by atoms with Gasteiger partial charge in [0.1, 0.15) is 0 Å². The Labute approximate surface area is 105 Å². The number of aryl methyl sites for hydroxylation is 1. The molecule has 94 valence electrons. The first kappa shape index (κ1) is 12.4. The molecule has 17 heavy (non-hydrogen) atoms. The van der Waals surface area contributed by atoms with Crippen LogP contribution in [0.25, 0.3) is 0 Å². The first-order valence-electron chi connectivity index (χ1n) is 6.90. The summed E-state index contributed by atoms with van der Waals surface area (Å²) in [5.41, 5.74) is 2.84. The molecule has 1 N–H and O–H groups in total.